The molecule has 1 heterocycles. The van der Waals surface area contributed by atoms with Crippen LogP contribution in [0.1, 0.15) is 19.5 Å². The Hall–Kier alpha value is -0.880. The van der Waals surface area contributed by atoms with Crippen molar-refractivity contribution in [3.05, 3.63) is 18.0 Å². The molecule has 6 heteroatoms. The van der Waals surface area contributed by atoms with Gasteiger partial charge in [-0.1, -0.05) is 13.8 Å². The smallest absolute Gasteiger partial charge is 0.149 e. The van der Waals surface area contributed by atoms with Crippen LogP contribution in [0.5, 0.6) is 0 Å². The molecule has 0 fully saturated rings. The summed E-state index contributed by atoms with van der Waals surface area (Å²) in [5.74, 6) is 0.128. The number of aromatic nitrogens is 2. The van der Waals surface area contributed by atoms with Gasteiger partial charge in [-0.25, -0.2) is 8.42 Å². The van der Waals surface area contributed by atoms with Crippen LogP contribution < -0.4 is 5.32 Å². The van der Waals surface area contributed by atoms with E-state index in [1.165, 1.54) is 6.26 Å². The third-order valence-electron chi connectivity index (χ3n) is 2.17. The molecule has 0 saturated carbocycles. The van der Waals surface area contributed by atoms with Crippen molar-refractivity contribution in [2.45, 2.75) is 33.0 Å². The van der Waals surface area contributed by atoms with Crippen molar-refractivity contribution < 1.29 is 8.42 Å². The zero-order valence-electron chi connectivity index (χ0n) is 9.97. The summed E-state index contributed by atoms with van der Waals surface area (Å²) in [5.41, 5.74) is 1.01. The van der Waals surface area contributed by atoms with E-state index >= 15 is 0 Å². The van der Waals surface area contributed by atoms with Crippen LogP contribution in [0.3, 0.4) is 0 Å². The van der Waals surface area contributed by atoms with Gasteiger partial charge in [0.05, 0.1) is 18.0 Å². The molecule has 0 saturated heterocycles. The molecule has 0 radical (unpaired) electrons. The molecule has 0 unspecified atom stereocenters. The second kappa shape index (κ2) is 5.45. The van der Waals surface area contributed by atoms with Gasteiger partial charge in [-0.15, -0.1) is 0 Å². The van der Waals surface area contributed by atoms with E-state index < -0.39 is 9.84 Å². The minimum absolute atomic E-state index is 0.128. The van der Waals surface area contributed by atoms with Crippen molar-refractivity contribution in [1.82, 2.24) is 15.1 Å². The first-order valence-electron chi connectivity index (χ1n) is 5.30. The Kier molecular flexibility index (Phi) is 4.49. The Bertz CT molecular complexity index is 423. The normalized spacial score (nSPS) is 12.2. The monoisotopic (exact) mass is 245 g/mol. The van der Waals surface area contributed by atoms with Gasteiger partial charge in [0.15, 0.2) is 0 Å². The van der Waals surface area contributed by atoms with Crippen molar-refractivity contribution in [3.8, 4) is 0 Å². The summed E-state index contributed by atoms with van der Waals surface area (Å²) in [5, 5.41) is 7.38. The highest BCUT2D eigenvalue weighted by atomic mass is 32.2. The second-order valence-corrected chi connectivity index (χ2v) is 6.47. The Morgan fingerprint density at radius 2 is 2.19 bits per heavy atom. The van der Waals surface area contributed by atoms with E-state index in [1.807, 2.05) is 6.07 Å². The van der Waals surface area contributed by atoms with Gasteiger partial charge in [-0.2, -0.15) is 5.10 Å². The van der Waals surface area contributed by atoms with Gasteiger partial charge in [0.1, 0.15) is 9.84 Å². The number of nitrogens with one attached hydrogen (secondary N) is 1. The molecule has 0 aromatic carbocycles. The third-order valence-corrected chi connectivity index (χ3v) is 3.09. The molecule has 1 rings (SSSR count). The van der Waals surface area contributed by atoms with Crippen molar-refractivity contribution in [2.75, 3.05) is 12.0 Å². The van der Waals surface area contributed by atoms with Gasteiger partial charge >= 0.3 is 0 Å². The average molecular weight is 245 g/mol. The lowest BCUT2D eigenvalue weighted by Crippen LogP contribution is -2.24. The molecule has 1 aromatic rings. The molecule has 1 N–H and O–H groups in total. The summed E-state index contributed by atoms with van der Waals surface area (Å²) in [6, 6.07) is 2.30. The first-order chi connectivity index (χ1) is 7.38. The molecule has 0 atom stereocenters. The molecule has 0 aliphatic rings. The predicted octanol–water partition coefficient (Wildman–Crippen LogP) is 0.426. The SMILES string of the molecule is CC(C)NCc1ccnn1CCS(C)(=O)=O. The number of hydrogen-bond acceptors (Lipinski definition) is 4. The third kappa shape index (κ3) is 4.76. The Morgan fingerprint density at radius 3 is 2.75 bits per heavy atom. The van der Waals surface area contributed by atoms with Gasteiger partial charge in [0, 0.05) is 25.0 Å². The standard InChI is InChI=1S/C10H19N3O2S/c1-9(2)11-8-10-4-5-12-13(10)6-7-16(3,14)15/h4-5,9,11H,6-8H2,1-3H3. The maximum Gasteiger partial charge on any atom is 0.149 e. The molecule has 0 aliphatic heterocycles. The fourth-order valence-corrected chi connectivity index (χ4v) is 1.78. The fourth-order valence-electron chi connectivity index (χ4n) is 1.27. The van der Waals surface area contributed by atoms with Crippen LogP contribution in [0.2, 0.25) is 0 Å². The second-order valence-electron chi connectivity index (χ2n) is 4.21. The van der Waals surface area contributed by atoms with Crippen LogP contribution in [0.4, 0.5) is 0 Å². The van der Waals surface area contributed by atoms with E-state index in [4.69, 9.17) is 0 Å². The van der Waals surface area contributed by atoms with Crippen LogP contribution >= 0.6 is 0 Å². The van der Waals surface area contributed by atoms with E-state index in [0.29, 0.717) is 19.1 Å². The molecule has 0 spiro atoms. The van der Waals surface area contributed by atoms with Crippen molar-refractivity contribution in [1.29, 1.82) is 0 Å². The molecule has 16 heavy (non-hydrogen) atoms. The number of hydrogen-bond donors (Lipinski definition) is 1. The van der Waals surface area contributed by atoms with Crippen LogP contribution in [-0.2, 0) is 22.9 Å². The minimum Gasteiger partial charge on any atom is -0.309 e. The van der Waals surface area contributed by atoms with Crippen LogP contribution in [0.25, 0.3) is 0 Å². The van der Waals surface area contributed by atoms with E-state index in [0.717, 1.165) is 5.69 Å². The molecule has 5 nitrogen and oxygen atoms in total. The summed E-state index contributed by atoms with van der Waals surface area (Å²) in [4.78, 5) is 0. The maximum atomic E-state index is 11.0. The number of aryl methyl sites for hydroxylation is 1. The summed E-state index contributed by atoms with van der Waals surface area (Å²) < 4.78 is 23.8. The largest absolute Gasteiger partial charge is 0.309 e. The average Bonchev–Trinajstić information content (AvgIpc) is 2.57. The molecule has 0 aliphatic carbocycles. The Morgan fingerprint density at radius 1 is 1.50 bits per heavy atom. The van der Waals surface area contributed by atoms with Gasteiger partial charge in [-0.05, 0) is 6.07 Å². The van der Waals surface area contributed by atoms with E-state index in [9.17, 15) is 8.42 Å². The first-order valence-corrected chi connectivity index (χ1v) is 7.36. The molecule has 92 valence electrons. The van der Waals surface area contributed by atoms with Gasteiger partial charge in [-0.3, -0.25) is 4.68 Å². The van der Waals surface area contributed by atoms with Gasteiger partial charge < -0.3 is 5.32 Å². The Balaban J connectivity index is 2.57. The number of rotatable bonds is 6. The summed E-state index contributed by atoms with van der Waals surface area (Å²) in [7, 11) is -2.93. The lowest BCUT2D eigenvalue weighted by Gasteiger charge is -2.10. The van der Waals surface area contributed by atoms with Crippen LogP contribution in [0.15, 0.2) is 12.3 Å². The van der Waals surface area contributed by atoms with Crippen molar-refractivity contribution in [2.24, 2.45) is 0 Å². The predicted molar refractivity (Wildman–Crippen MR) is 63.9 cm³/mol. The first kappa shape index (κ1) is 13.2. The molecular weight excluding hydrogens is 226 g/mol. The summed E-state index contributed by atoms with van der Waals surface area (Å²) in [6.07, 6.45) is 2.93. The highest BCUT2D eigenvalue weighted by Gasteiger charge is 2.07. The topological polar surface area (TPSA) is 64.0 Å². The number of sulfone groups is 1. The van der Waals surface area contributed by atoms with Crippen molar-refractivity contribution in [3.63, 3.8) is 0 Å². The van der Waals surface area contributed by atoms with E-state index in [-0.39, 0.29) is 5.75 Å². The lowest BCUT2D eigenvalue weighted by atomic mass is 10.3. The summed E-state index contributed by atoms with van der Waals surface area (Å²) >= 11 is 0. The molecule has 0 bridgehead atoms. The van der Waals surface area contributed by atoms with Crippen molar-refractivity contribution >= 4 is 9.84 Å². The zero-order valence-corrected chi connectivity index (χ0v) is 10.8. The number of nitrogens with zero attached hydrogens (tertiary/aromatic N) is 2. The van der Waals surface area contributed by atoms with Crippen LogP contribution in [-0.4, -0.2) is 36.2 Å². The van der Waals surface area contributed by atoms with Gasteiger partial charge in [0.2, 0.25) is 0 Å². The quantitative estimate of drug-likeness (QED) is 0.789. The minimum atomic E-state index is -2.93. The highest BCUT2D eigenvalue weighted by Crippen LogP contribution is 2.00. The van der Waals surface area contributed by atoms with Crippen LogP contribution in [0, 0.1) is 0 Å². The molecule has 0 amide bonds. The maximum absolute atomic E-state index is 11.0. The lowest BCUT2D eigenvalue weighted by molar-refractivity contribution is 0.536. The highest BCUT2D eigenvalue weighted by molar-refractivity contribution is 7.90. The van der Waals surface area contributed by atoms with E-state index in [2.05, 4.69) is 24.3 Å². The zero-order chi connectivity index (χ0) is 12.2. The Labute approximate surface area is 96.8 Å². The molecule has 1 aromatic heterocycles. The van der Waals surface area contributed by atoms with E-state index in [1.54, 1.807) is 10.9 Å². The molecular formula is C10H19N3O2S. The summed E-state index contributed by atoms with van der Waals surface area (Å²) in [6.45, 7) is 5.26. The van der Waals surface area contributed by atoms with Gasteiger partial charge in [0.25, 0.3) is 0 Å². The fraction of sp³-hybridized carbons (Fsp3) is 0.700.